The Balaban J connectivity index is 1.64. The van der Waals surface area contributed by atoms with E-state index in [-0.39, 0.29) is 17.4 Å². The number of pyridine rings is 2. The normalized spacial score (nSPS) is 17.4. The minimum atomic E-state index is -2.87. The molecule has 0 spiro atoms. The summed E-state index contributed by atoms with van der Waals surface area (Å²) in [6.45, 7) is 4.61. The molecule has 162 valence electrons. The predicted octanol–water partition coefficient (Wildman–Crippen LogP) is 5.22. The molecule has 0 bridgehead atoms. The predicted molar refractivity (Wildman–Crippen MR) is 113 cm³/mol. The van der Waals surface area contributed by atoms with Crippen molar-refractivity contribution in [3.05, 3.63) is 65.4 Å². The van der Waals surface area contributed by atoms with Gasteiger partial charge in [0.05, 0.1) is 23.3 Å². The average Bonchev–Trinajstić information content (AvgIpc) is 3.24. The number of hydrogen-bond donors (Lipinski definition) is 1. The number of hydrogen-bond acceptors (Lipinski definition) is 4. The van der Waals surface area contributed by atoms with Gasteiger partial charge in [0, 0.05) is 54.5 Å². The molecule has 1 aliphatic rings. The van der Waals surface area contributed by atoms with Gasteiger partial charge in [-0.15, -0.1) is 0 Å². The van der Waals surface area contributed by atoms with E-state index >= 15 is 0 Å². The van der Waals surface area contributed by atoms with E-state index in [9.17, 15) is 18.0 Å². The van der Waals surface area contributed by atoms with Crippen LogP contribution in [0.25, 0.3) is 10.9 Å². The first-order valence-electron chi connectivity index (χ1n) is 10.2. The van der Waals surface area contributed by atoms with Crippen LogP contribution >= 0.6 is 0 Å². The molecule has 2 atom stereocenters. The first-order chi connectivity index (χ1) is 14.8. The molecule has 1 fully saturated rings. The van der Waals surface area contributed by atoms with Gasteiger partial charge in [0.1, 0.15) is 5.82 Å². The molecule has 0 saturated carbocycles. The highest BCUT2D eigenvalue weighted by Gasteiger charge is 2.27. The lowest BCUT2D eigenvalue weighted by atomic mass is 10.0. The maximum Gasteiger partial charge on any atom is 0.266 e. The molecule has 2 aromatic heterocycles. The van der Waals surface area contributed by atoms with Gasteiger partial charge in [-0.3, -0.25) is 14.8 Å². The topological polar surface area (TPSA) is 58.1 Å². The molecule has 1 N–H and O–H groups in total. The Bertz CT molecular complexity index is 1120. The van der Waals surface area contributed by atoms with Crippen molar-refractivity contribution in [2.45, 2.75) is 38.7 Å². The van der Waals surface area contributed by atoms with Gasteiger partial charge in [-0.05, 0) is 25.5 Å². The van der Waals surface area contributed by atoms with Crippen molar-refractivity contribution in [1.82, 2.24) is 14.9 Å². The number of alkyl halides is 2. The van der Waals surface area contributed by atoms with Crippen LogP contribution in [0.5, 0.6) is 0 Å². The molecule has 3 heterocycles. The van der Waals surface area contributed by atoms with Gasteiger partial charge in [0.2, 0.25) is 5.91 Å². The Kier molecular flexibility index (Phi) is 5.80. The van der Waals surface area contributed by atoms with Crippen molar-refractivity contribution >= 4 is 22.5 Å². The molecule has 1 saturated heterocycles. The number of benzene rings is 1. The van der Waals surface area contributed by atoms with Crippen molar-refractivity contribution in [3.63, 3.8) is 0 Å². The lowest BCUT2D eigenvalue weighted by molar-refractivity contribution is -0.127. The van der Waals surface area contributed by atoms with Crippen LogP contribution in [0.4, 0.5) is 18.9 Å². The second-order valence-corrected chi connectivity index (χ2v) is 7.85. The maximum absolute atomic E-state index is 14.6. The van der Waals surface area contributed by atoms with Gasteiger partial charge in [0.15, 0.2) is 0 Å². The van der Waals surface area contributed by atoms with Crippen molar-refractivity contribution in [3.8, 4) is 0 Å². The highest BCUT2D eigenvalue weighted by atomic mass is 19.3. The summed E-state index contributed by atoms with van der Waals surface area (Å²) in [5.41, 5.74) is 1.82. The van der Waals surface area contributed by atoms with Gasteiger partial charge < -0.3 is 10.2 Å². The Morgan fingerprint density at radius 2 is 2.00 bits per heavy atom. The molecule has 5 nitrogen and oxygen atoms in total. The van der Waals surface area contributed by atoms with Crippen LogP contribution in [0.15, 0.2) is 42.7 Å². The molecule has 1 aromatic carbocycles. The molecule has 3 aromatic rings. The molecule has 8 heteroatoms. The second-order valence-electron chi connectivity index (χ2n) is 7.85. The SMILES string of the molecule is CC(=O)N1CCC(c2cc3c(N[C@H](C)c4cccc(C(F)F)c4F)ccnc3cn2)C1. The number of carbonyl (C=O) groups is 1. The molecule has 31 heavy (non-hydrogen) atoms. The molecule has 0 aliphatic carbocycles. The van der Waals surface area contributed by atoms with Gasteiger partial charge >= 0.3 is 0 Å². The Morgan fingerprint density at radius 3 is 2.71 bits per heavy atom. The van der Waals surface area contributed by atoms with Crippen LogP contribution in [0.1, 0.15) is 55.5 Å². The highest BCUT2D eigenvalue weighted by molar-refractivity contribution is 5.91. The van der Waals surface area contributed by atoms with Crippen molar-refractivity contribution in [2.24, 2.45) is 0 Å². The zero-order valence-electron chi connectivity index (χ0n) is 17.3. The van der Waals surface area contributed by atoms with Crippen LogP contribution in [-0.4, -0.2) is 33.9 Å². The van der Waals surface area contributed by atoms with E-state index in [0.29, 0.717) is 24.3 Å². The zero-order valence-corrected chi connectivity index (χ0v) is 17.3. The molecular weight excluding hydrogens is 405 g/mol. The van der Waals surface area contributed by atoms with Crippen molar-refractivity contribution < 1.29 is 18.0 Å². The minimum absolute atomic E-state index is 0.0502. The quantitative estimate of drug-likeness (QED) is 0.606. The first kappa shape index (κ1) is 21.1. The van der Waals surface area contributed by atoms with Crippen LogP contribution < -0.4 is 5.32 Å². The summed E-state index contributed by atoms with van der Waals surface area (Å²) in [5, 5.41) is 4.05. The van der Waals surface area contributed by atoms with Crippen LogP contribution in [-0.2, 0) is 4.79 Å². The van der Waals surface area contributed by atoms with Crippen LogP contribution in [0, 0.1) is 5.82 Å². The summed E-state index contributed by atoms with van der Waals surface area (Å²) in [7, 11) is 0. The summed E-state index contributed by atoms with van der Waals surface area (Å²) >= 11 is 0. The number of anilines is 1. The number of nitrogens with one attached hydrogen (secondary N) is 1. The number of aromatic nitrogens is 2. The molecule has 4 rings (SSSR count). The lowest BCUT2D eigenvalue weighted by Gasteiger charge is -2.19. The highest BCUT2D eigenvalue weighted by Crippen LogP contribution is 2.33. The fourth-order valence-electron chi connectivity index (χ4n) is 4.08. The third kappa shape index (κ3) is 4.19. The number of amides is 1. The largest absolute Gasteiger partial charge is 0.378 e. The van der Waals surface area contributed by atoms with Gasteiger partial charge in [-0.1, -0.05) is 18.2 Å². The fourth-order valence-corrected chi connectivity index (χ4v) is 4.08. The smallest absolute Gasteiger partial charge is 0.266 e. The van der Waals surface area contributed by atoms with Crippen LogP contribution in [0.3, 0.4) is 0 Å². The Labute approximate surface area is 178 Å². The molecule has 1 unspecified atom stereocenters. The van der Waals surface area contributed by atoms with E-state index in [2.05, 4.69) is 15.3 Å². The standard InChI is InChI=1S/C23H23F3N4O/c1-13(16-4-3-5-17(22(16)24)23(25)26)29-19-6-8-27-21-11-28-20(10-18(19)21)15-7-9-30(12-15)14(2)31/h3-6,8,10-11,13,15,23H,7,9,12H2,1-2H3,(H,27,29)/t13-,15?/m1/s1. The van der Waals surface area contributed by atoms with Crippen molar-refractivity contribution in [2.75, 3.05) is 18.4 Å². The van der Waals surface area contributed by atoms with Gasteiger partial charge in [0.25, 0.3) is 6.43 Å². The van der Waals surface area contributed by atoms with E-state index in [1.807, 2.05) is 6.07 Å². The summed E-state index contributed by atoms with van der Waals surface area (Å²) in [4.78, 5) is 22.3. The van der Waals surface area contributed by atoms with Crippen molar-refractivity contribution in [1.29, 1.82) is 0 Å². The molecular formula is C23H23F3N4O. The maximum atomic E-state index is 14.6. The third-order valence-electron chi connectivity index (χ3n) is 5.83. The Hall–Kier alpha value is -3.16. The zero-order chi connectivity index (χ0) is 22.1. The summed E-state index contributed by atoms with van der Waals surface area (Å²) in [5.74, 6) is -0.707. The number of likely N-dealkylation sites (tertiary alicyclic amines) is 1. The second kappa shape index (κ2) is 8.53. The summed E-state index contributed by atoms with van der Waals surface area (Å²) in [6.07, 6.45) is 1.28. The van der Waals surface area contributed by atoms with E-state index in [4.69, 9.17) is 0 Å². The monoisotopic (exact) mass is 428 g/mol. The fraction of sp³-hybridized carbons (Fsp3) is 0.348. The van der Waals surface area contributed by atoms with E-state index in [0.717, 1.165) is 23.6 Å². The molecule has 1 aliphatic heterocycles. The number of rotatable bonds is 5. The first-order valence-corrected chi connectivity index (χ1v) is 10.2. The third-order valence-corrected chi connectivity index (χ3v) is 5.83. The number of carbonyl (C=O) groups excluding carboxylic acids is 1. The van der Waals surface area contributed by atoms with E-state index in [1.54, 1.807) is 37.2 Å². The molecule has 0 radical (unpaired) electrons. The summed E-state index contributed by atoms with van der Waals surface area (Å²) < 4.78 is 40.7. The number of halogens is 3. The van der Waals surface area contributed by atoms with Crippen LogP contribution in [0.2, 0.25) is 0 Å². The minimum Gasteiger partial charge on any atom is -0.378 e. The average molecular weight is 428 g/mol. The van der Waals surface area contributed by atoms with Gasteiger partial charge in [-0.2, -0.15) is 0 Å². The molecule has 1 amide bonds. The Morgan fingerprint density at radius 1 is 1.23 bits per heavy atom. The van der Waals surface area contributed by atoms with E-state index < -0.39 is 23.8 Å². The number of nitrogens with zero attached hydrogens (tertiary/aromatic N) is 3. The van der Waals surface area contributed by atoms with E-state index in [1.165, 1.54) is 12.1 Å². The lowest BCUT2D eigenvalue weighted by Crippen LogP contribution is -2.25. The summed E-state index contributed by atoms with van der Waals surface area (Å²) in [6, 6.07) is 7.21. The number of fused-ring (bicyclic) bond motifs is 1. The van der Waals surface area contributed by atoms with Gasteiger partial charge in [-0.25, -0.2) is 13.2 Å².